The monoisotopic (exact) mass is 359 g/mol. The van der Waals surface area contributed by atoms with Crippen molar-refractivity contribution >= 4 is 11.4 Å². The van der Waals surface area contributed by atoms with E-state index in [0.29, 0.717) is 12.3 Å². The van der Waals surface area contributed by atoms with Crippen LogP contribution in [0.5, 0.6) is 0 Å². The summed E-state index contributed by atoms with van der Waals surface area (Å²) < 4.78 is 34.0. The van der Waals surface area contributed by atoms with E-state index in [-0.39, 0.29) is 28.7 Å². The number of fused-ring (bicyclic) bond motifs is 2. The number of morpholine rings is 1. The summed E-state index contributed by atoms with van der Waals surface area (Å²) in [4.78, 5) is 2.22. The van der Waals surface area contributed by atoms with Gasteiger partial charge in [0.15, 0.2) is 0 Å². The van der Waals surface area contributed by atoms with E-state index in [1.165, 1.54) is 12.1 Å². The van der Waals surface area contributed by atoms with Crippen LogP contribution in [0.1, 0.15) is 24.8 Å². The van der Waals surface area contributed by atoms with Crippen LogP contribution in [-0.4, -0.2) is 49.2 Å². The summed E-state index contributed by atoms with van der Waals surface area (Å²) >= 11 is 0. The number of allylic oxidation sites excluding steroid dienone is 2. The normalized spacial score (nSPS) is 33.2. The lowest BCUT2D eigenvalue weighted by Crippen LogP contribution is -2.51. The zero-order valence-corrected chi connectivity index (χ0v) is 14.8. The van der Waals surface area contributed by atoms with Crippen molar-refractivity contribution in [2.75, 3.05) is 26.7 Å². The molecule has 1 aromatic carbocycles. The molecule has 4 nitrogen and oxygen atoms in total. The molecule has 4 rings (SSSR count). The Bertz CT molecular complexity index is 786. The maximum atomic E-state index is 14.0. The van der Waals surface area contributed by atoms with Crippen molar-refractivity contribution in [1.82, 2.24) is 4.90 Å². The predicted octanol–water partition coefficient (Wildman–Crippen LogP) is 3.41. The first-order chi connectivity index (χ1) is 12.4. The van der Waals surface area contributed by atoms with E-state index in [2.05, 4.69) is 11.9 Å². The number of nitrogens with zero attached hydrogens (tertiary/aromatic N) is 1. The number of ether oxygens (including phenoxy) is 1. The molecule has 1 aromatic rings. The minimum Gasteiger partial charge on any atom is -0.375 e. The molecule has 2 N–H and O–H groups in total. The van der Waals surface area contributed by atoms with Gasteiger partial charge in [-0.25, -0.2) is 8.78 Å². The lowest BCUT2D eigenvalue weighted by molar-refractivity contribution is -0.0651. The van der Waals surface area contributed by atoms with Gasteiger partial charge in [-0.3, -0.25) is 0 Å². The zero-order valence-electron chi connectivity index (χ0n) is 14.8. The molecule has 3 aliphatic rings. The molecule has 3 fully saturated rings. The fourth-order valence-electron chi connectivity index (χ4n) is 4.80. The van der Waals surface area contributed by atoms with Crippen molar-refractivity contribution < 1.29 is 13.5 Å². The van der Waals surface area contributed by atoms with E-state index in [4.69, 9.17) is 15.6 Å². The van der Waals surface area contributed by atoms with Crippen LogP contribution in [0.15, 0.2) is 29.8 Å². The number of nitrogens with one attached hydrogen (secondary N) is 2. The lowest BCUT2D eigenvalue weighted by Gasteiger charge is -2.41. The van der Waals surface area contributed by atoms with Gasteiger partial charge in [0.2, 0.25) is 0 Å². The second-order valence-corrected chi connectivity index (χ2v) is 7.70. The fraction of sp³-hybridized carbons (Fsp3) is 0.500. The van der Waals surface area contributed by atoms with Crippen molar-refractivity contribution in [2.45, 2.75) is 25.4 Å². The van der Waals surface area contributed by atoms with Crippen molar-refractivity contribution in [1.29, 1.82) is 10.8 Å². The molecule has 1 saturated heterocycles. The molecule has 3 atom stereocenters. The number of likely N-dealkylation sites (N-methyl/N-ethyl adjacent to an activating group) is 1. The Kier molecular flexibility index (Phi) is 4.28. The van der Waals surface area contributed by atoms with Gasteiger partial charge in [0, 0.05) is 24.2 Å². The average molecular weight is 359 g/mol. The highest BCUT2D eigenvalue weighted by atomic mass is 19.1. The van der Waals surface area contributed by atoms with Crippen LogP contribution in [0.3, 0.4) is 0 Å². The first-order valence-corrected chi connectivity index (χ1v) is 9.06. The van der Waals surface area contributed by atoms with E-state index in [9.17, 15) is 8.78 Å². The number of benzene rings is 1. The molecule has 2 bridgehead atoms. The Morgan fingerprint density at radius 2 is 2.08 bits per heavy atom. The maximum absolute atomic E-state index is 14.0. The van der Waals surface area contributed by atoms with Crippen molar-refractivity contribution in [3.05, 3.63) is 47.0 Å². The maximum Gasteiger partial charge on any atom is 0.135 e. The minimum absolute atomic E-state index is 0.0240. The second-order valence-electron chi connectivity index (χ2n) is 7.70. The first kappa shape index (κ1) is 17.5. The largest absolute Gasteiger partial charge is 0.375 e. The van der Waals surface area contributed by atoms with Crippen molar-refractivity contribution in [2.24, 2.45) is 11.3 Å². The van der Waals surface area contributed by atoms with Gasteiger partial charge >= 0.3 is 0 Å². The van der Waals surface area contributed by atoms with Crippen LogP contribution in [-0.2, 0) is 4.74 Å². The van der Waals surface area contributed by atoms with Crippen LogP contribution in [0.25, 0.3) is 0 Å². The quantitative estimate of drug-likeness (QED) is 0.813. The van der Waals surface area contributed by atoms with Crippen molar-refractivity contribution in [3.63, 3.8) is 0 Å². The molecule has 0 spiro atoms. The highest BCUT2D eigenvalue weighted by Crippen LogP contribution is 2.57. The summed E-state index contributed by atoms with van der Waals surface area (Å²) in [6.45, 7) is 2.35. The van der Waals surface area contributed by atoms with Gasteiger partial charge in [0.1, 0.15) is 11.6 Å². The van der Waals surface area contributed by atoms with E-state index in [1.54, 1.807) is 0 Å². The van der Waals surface area contributed by atoms with E-state index < -0.39 is 11.6 Å². The predicted molar refractivity (Wildman–Crippen MR) is 96.0 cm³/mol. The Labute approximate surface area is 151 Å². The molecule has 6 heteroatoms. The molecule has 0 amide bonds. The summed E-state index contributed by atoms with van der Waals surface area (Å²) in [5.74, 6) is -1.31. The van der Waals surface area contributed by atoms with Gasteiger partial charge < -0.3 is 20.5 Å². The second kappa shape index (κ2) is 6.35. The van der Waals surface area contributed by atoms with Crippen molar-refractivity contribution in [3.8, 4) is 0 Å². The summed E-state index contributed by atoms with van der Waals surface area (Å²) in [5, 5.41) is 16.9. The number of hydrogen-bond acceptors (Lipinski definition) is 4. The fourth-order valence-corrected chi connectivity index (χ4v) is 4.80. The smallest absolute Gasteiger partial charge is 0.135 e. The topological polar surface area (TPSA) is 60.2 Å². The van der Waals surface area contributed by atoms with Gasteiger partial charge in [-0.1, -0.05) is 6.07 Å². The van der Waals surface area contributed by atoms with E-state index in [1.807, 2.05) is 0 Å². The zero-order chi connectivity index (χ0) is 18.5. The lowest BCUT2D eigenvalue weighted by atomic mass is 9.75. The number of halogens is 2. The van der Waals surface area contributed by atoms with Gasteiger partial charge in [-0.2, -0.15) is 0 Å². The SMILES string of the molecule is CN1CCO[C@@H]([C@]23CC[C@H](C2)/C(=C/C(=N)c2c(F)cccc2F)C3=N)C1. The van der Waals surface area contributed by atoms with Crippen LogP contribution in [0.4, 0.5) is 8.78 Å². The molecule has 26 heavy (non-hydrogen) atoms. The Hall–Kier alpha value is -1.92. The molecule has 1 heterocycles. The Balaban J connectivity index is 1.64. The van der Waals surface area contributed by atoms with E-state index in [0.717, 1.165) is 50.1 Å². The highest BCUT2D eigenvalue weighted by Gasteiger charge is 2.57. The molecule has 0 unspecified atom stereocenters. The van der Waals surface area contributed by atoms with E-state index >= 15 is 0 Å². The molecular formula is C20H23F2N3O. The van der Waals surface area contributed by atoms with Gasteiger partial charge in [-0.05, 0) is 56.0 Å². The molecule has 1 aliphatic heterocycles. The Morgan fingerprint density at radius 3 is 2.77 bits per heavy atom. The third-order valence-electron chi connectivity index (χ3n) is 6.19. The standard InChI is InChI=1S/C20H23F2N3O/c1-25-7-8-26-17(11-25)20-6-5-12(10-20)13(19(20)24)9-16(23)18-14(21)3-2-4-15(18)22/h2-4,9,12,17,23-24H,5-8,10-11H2,1H3/b13-9-,23-16?,24-19?/t12-,17-,20+/m1/s1. The molecule has 138 valence electrons. The van der Waals surface area contributed by atoms with Gasteiger partial charge in [0.05, 0.1) is 24.0 Å². The molecule has 2 saturated carbocycles. The minimum atomic E-state index is -0.742. The van der Waals surface area contributed by atoms with Gasteiger partial charge in [0.25, 0.3) is 0 Å². The summed E-state index contributed by atoms with van der Waals surface area (Å²) in [6.07, 6.45) is 4.16. The number of hydrogen-bond donors (Lipinski definition) is 2. The molecule has 0 radical (unpaired) electrons. The molecule has 2 aliphatic carbocycles. The average Bonchev–Trinajstić information content (AvgIpc) is 3.14. The molecular weight excluding hydrogens is 336 g/mol. The summed E-state index contributed by atoms with van der Waals surface area (Å²) in [5.41, 5.74) is 0.401. The third kappa shape index (κ3) is 2.63. The highest BCUT2D eigenvalue weighted by molar-refractivity contribution is 6.15. The summed E-state index contributed by atoms with van der Waals surface area (Å²) in [6, 6.07) is 3.61. The van der Waals surface area contributed by atoms with Crippen LogP contribution in [0.2, 0.25) is 0 Å². The van der Waals surface area contributed by atoms with Crippen LogP contribution < -0.4 is 0 Å². The van der Waals surface area contributed by atoms with Gasteiger partial charge in [-0.15, -0.1) is 0 Å². The number of rotatable bonds is 3. The Morgan fingerprint density at radius 1 is 1.35 bits per heavy atom. The molecule has 0 aromatic heterocycles. The van der Waals surface area contributed by atoms with Crippen LogP contribution in [0, 0.1) is 33.8 Å². The summed E-state index contributed by atoms with van der Waals surface area (Å²) in [7, 11) is 2.06. The first-order valence-electron chi connectivity index (χ1n) is 9.06. The third-order valence-corrected chi connectivity index (χ3v) is 6.19. The van der Waals surface area contributed by atoms with Crippen LogP contribution >= 0.6 is 0 Å².